The number of hydrogen-bond donors (Lipinski definition) is 1. The van der Waals surface area contributed by atoms with Crippen molar-refractivity contribution in [3.63, 3.8) is 0 Å². The molecule has 29 heavy (non-hydrogen) atoms. The third-order valence-electron chi connectivity index (χ3n) is 7.08. The fourth-order valence-electron chi connectivity index (χ4n) is 5.99. The molecule has 8 nitrogen and oxygen atoms in total. The smallest absolute Gasteiger partial charge is 0.323 e. The van der Waals surface area contributed by atoms with Gasteiger partial charge in [-0.3, -0.25) is 14.4 Å². The molecule has 3 aliphatic rings. The first-order valence-corrected chi connectivity index (χ1v) is 10.2. The minimum atomic E-state index is -0.0668. The number of aryl methyl sites for hydroxylation is 1. The molecular formula is C21H24N6O2. The average Bonchev–Trinajstić information content (AvgIpc) is 3.49. The van der Waals surface area contributed by atoms with Crippen LogP contribution in [0.3, 0.4) is 0 Å². The van der Waals surface area contributed by atoms with Crippen LogP contribution in [-0.4, -0.2) is 55.9 Å². The third-order valence-corrected chi connectivity index (χ3v) is 7.08. The molecule has 150 valence electrons. The summed E-state index contributed by atoms with van der Waals surface area (Å²) in [6.07, 6.45) is 8.14. The van der Waals surface area contributed by atoms with E-state index in [9.17, 15) is 4.79 Å². The number of carbonyl (C=O) groups excluding carboxylic acids is 1. The maximum atomic E-state index is 13.4. The van der Waals surface area contributed by atoms with Crippen molar-refractivity contribution in [3.05, 3.63) is 36.8 Å². The summed E-state index contributed by atoms with van der Waals surface area (Å²) in [5.41, 5.74) is 2.40. The fraction of sp³-hybridized carbons (Fsp3) is 0.476. The van der Waals surface area contributed by atoms with Crippen molar-refractivity contribution in [3.8, 4) is 11.3 Å². The van der Waals surface area contributed by atoms with E-state index in [4.69, 9.17) is 9.72 Å². The quantitative estimate of drug-likeness (QED) is 0.743. The second kappa shape index (κ2) is 6.06. The number of hydrogen-bond acceptors (Lipinski definition) is 4. The highest BCUT2D eigenvalue weighted by molar-refractivity contribution is 5.94. The lowest BCUT2D eigenvalue weighted by atomic mass is 9.88. The number of rotatable bonds is 3. The molecule has 2 bridgehead atoms. The Morgan fingerprint density at radius 1 is 1.28 bits per heavy atom. The molecule has 8 heteroatoms. The molecule has 1 N–H and O–H groups in total. The predicted octanol–water partition coefficient (Wildman–Crippen LogP) is 2.62. The maximum Gasteiger partial charge on any atom is 0.323 e. The summed E-state index contributed by atoms with van der Waals surface area (Å²) in [6, 6.07) is 5.94. The Balaban J connectivity index is 1.37. The van der Waals surface area contributed by atoms with E-state index in [-0.39, 0.29) is 18.2 Å². The first-order chi connectivity index (χ1) is 14.1. The summed E-state index contributed by atoms with van der Waals surface area (Å²) in [5.74, 6) is 2.47. The lowest BCUT2D eigenvalue weighted by Gasteiger charge is -2.31. The topological polar surface area (TPSA) is 76.7 Å². The van der Waals surface area contributed by atoms with E-state index in [1.807, 2.05) is 46.9 Å². The molecule has 2 saturated carbocycles. The summed E-state index contributed by atoms with van der Waals surface area (Å²) in [5, 5.41) is 7.44. The predicted molar refractivity (Wildman–Crippen MR) is 107 cm³/mol. The lowest BCUT2D eigenvalue weighted by Crippen LogP contribution is -2.46. The van der Waals surface area contributed by atoms with Gasteiger partial charge in [-0.1, -0.05) is 6.07 Å². The molecule has 3 aromatic rings. The van der Waals surface area contributed by atoms with E-state index in [1.54, 1.807) is 18.0 Å². The van der Waals surface area contributed by atoms with Crippen LogP contribution in [0.4, 0.5) is 10.6 Å². The number of amides is 2. The van der Waals surface area contributed by atoms with E-state index >= 15 is 0 Å². The van der Waals surface area contributed by atoms with E-state index in [0.29, 0.717) is 23.6 Å². The number of imidazole rings is 1. The van der Waals surface area contributed by atoms with Gasteiger partial charge in [-0.15, -0.1) is 0 Å². The number of nitrogens with one attached hydrogen (secondary N) is 1. The van der Waals surface area contributed by atoms with Crippen molar-refractivity contribution in [2.75, 3.05) is 19.0 Å². The Kier molecular flexibility index (Phi) is 3.56. The number of aromatic nitrogens is 4. The lowest BCUT2D eigenvalue weighted by molar-refractivity contribution is 0.0202. The van der Waals surface area contributed by atoms with Crippen LogP contribution in [0.1, 0.15) is 12.8 Å². The van der Waals surface area contributed by atoms with Crippen LogP contribution in [0.25, 0.3) is 16.9 Å². The molecule has 3 aromatic heterocycles. The molecule has 3 fully saturated rings. The van der Waals surface area contributed by atoms with Gasteiger partial charge < -0.3 is 9.64 Å². The zero-order valence-electron chi connectivity index (χ0n) is 16.5. The summed E-state index contributed by atoms with van der Waals surface area (Å²) in [7, 11) is 3.65. The van der Waals surface area contributed by atoms with Crippen LogP contribution < -0.4 is 5.32 Å². The number of carbonyl (C=O) groups is 1. The number of ether oxygens (including phenoxy) is 1. The Labute approximate surface area is 168 Å². The maximum absolute atomic E-state index is 13.4. The Morgan fingerprint density at radius 2 is 2.17 bits per heavy atom. The van der Waals surface area contributed by atoms with Gasteiger partial charge in [0.2, 0.25) is 0 Å². The number of anilines is 1. The standard InChI is InChI=1S/C21H24N6O2/c1-25-10-14(9-22-25)17-20(26-6-4-3-5-16(26)23-17)24-21(28)27-11-13-7-12-8-15(13)18(27)19(12)29-2/h3-6,9-10,12-13,15,18-19H,7-8,11H2,1-2H3,(H,24,28). The van der Waals surface area contributed by atoms with E-state index < -0.39 is 0 Å². The number of nitrogens with zero attached hydrogens (tertiary/aromatic N) is 5. The highest BCUT2D eigenvalue weighted by atomic mass is 16.5. The summed E-state index contributed by atoms with van der Waals surface area (Å²) >= 11 is 0. The Morgan fingerprint density at radius 3 is 2.97 bits per heavy atom. The van der Waals surface area contributed by atoms with Gasteiger partial charge in [0.05, 0.1) is 18.3 Å². The molecule has 5 unspecified atom stereocenters. The van der Waals surface area contributed by atoms with E-state index in [1.165, 1.54) is 12.8 Å². The van der Waals surface area contributed by atoms with Gasteiger partial charge >= 0.3 is 6.03 Å². The zero-order valence-corrected chi connectivity index (χ0v) is 16.5. The Hall–Kier alpha value is -2.87. The molecule has 0 radical (unpaired) electrons. The zero-order chi connectivity index (χ0) is 19.7. The van der Waals surface area contributed by atoms with Crippen LogP contribution in [0.5, 0.6) is 0 Å². The number of likely N-dealkylation sites (tertiary alicyclic amines) is 1. The first-order valence-electron chi connectivity index (χ1n) is 10.2. The third kappa shape index (κ3) is 2.38. The molecule has 6 rings (SSSR count). The summed E-state index contributed by atoms with van der Waals surface area (Å²) in [4.78, 5) is 20.2. The van der Waals surface area contributed by atoms with E-state index in [2.05, 4.69) is 10.4 Å². The Bertz CT molecular complexity index is 1100. The molecule has 2 aliphatic carbocycles. The summed E-state index contributed by atoms with van der Waals surface area (Å²) < 4.78 is 9.47. The highest BCUT2D eigenvalue weighted by Crippen LogP contribution is 2.55. The molecule has 0 aromatic carbocycles. The van der Waals surface area contributed by atoms with Crippen molar-refractivity contribution in [2.45, 2.75) is 25.0 Å². The number of fused-ring (bicyclic) bond motifs is 2. The van der Waals surface area contributed by atoms with Crippen molar-refractivity contribution in [1.29, 1.82) is 0 Å². The van der Waals surface area contributed by atoms with Crippen LogP contribution in [0.15, 0.2) is 36.8 Å². The van der Waals surface area contributed by atoms with Crippen molar-refractivity contribution in [1.82, 2.24) is 24.1 Å². The molecule has 1 aliphatic heterocycles. The molecular weight excluding hydrogens is 368 g/mol. The minimum absolute atomic E-state index is 0.0668. The minimum Gasteiger partial charge on any atom is -0.379 e. The average molecular weight is 392 g/mol. The highest BCUT2D eigenvalue weighted by Gasteiger charge is 2.60. The van der Waals surface area contributed by atoms with Gasteiger partial charge in [0.25, 0.3) is 0 Å². The molecule has 2 amide bonds. The molecule has 0 spiro atoms. The molecule has 4 heterocycles. The van der Waals surface area contributed by atoms with Crippen molar-refractivity contribution >= 4 is 17.5 Å². The van der Waals surface area contributed by atoms with Gasteiger partial charge in [-0.05, 0) is 42.7 Å². The SMILES string of the molecule is COC1C2CC3CN(C(=O)Nc4c(-c5cnn(C)c5)nc5ccccn45)C1C3C2. The second-order valence-electron chi connectivity index (χ2n) is 8.57. The summed E-state index contributed by atoms with van der Waals surface area (Å²) in [6.45, 7) is 0.816. The van der Waals surface area contributed by atoms with Crippen LogP contribution in [-0.2, 0) is 11.8 Å². The number of pyridine rings is 1. The normalized spacial score (nSPS) is 29.9. The second-order valence-corrected chi connectivity index (χ2v) is 8.57. The fourth-order valence-corrected chi connectivity index (χ4v) is 5.99. The van der Waals surface area contributed by atoms with Gasteiger partial charge in [0, 0.05) is 38.7 Å². The molecule has 5 atom stereocenters. The van der Waals surface area contributed by atoms with Crippen LogP contribution in [0, 0.1) is 17.8 Å². The van der Waals surface area contributed by atoms with Crippen LogP contribution in [0.2, 0.25) is 0 Å². The van der Waals surface area contributed by atoms with Gasteiger partial charge in [-0.2, -0.15) is 5.10 Å². The van der Waals surface area contributed by atoms with Crippen molar-refractivity contribution < 1.29 is 9.53 Å². The van der Waals surface area contributed by atoms with Gasteiger partial charge in [0.15, 0.2) is 0 Å². The van der Waals surface area contributed by atoms with Gasteiger partial charge in [0.1, 0.15) is 17.2 Å². The van der Waals surface area contributed by atoms with Gasteiger partial charge in [-0.25, -0.2) is 9.78 Å². The number of methoxy groups -OCH3 is 1. The first kappa shape index (κ1) is 17.0. The van der Waals surface area contributed by atoms with Crippen LogP contribution >= 0.6 is 0 Å². The van der Waals surface area contributed by atoms with E-state index in [0.717, 1.165) is 23.4 Å². The molecule has 1 saturated heterocycles. The monoisotopic (exact) mass is 392 g/mol. The van der Waals surface area contributed by atoms with Crippen molar-refractivity contribution in [2.24, 2.45) is 24.8 Å². The largest absolute Gasteiger partial charge is 0.379 e. The number of urea groups is 1.